The van der Waals surface area contributed by atoms with E-state index in [2.05, 4.69) is 23.6 Å². The first-order valence-corrected chi connectivity index (χ1v) is 8.35. The molecule has 130 valence electrons. The molecule has 0 bridgehead atoms. The first-order valence-electron chi connectivity index (χ1n) is 8.35. The lowest BCUT2D eigenvalue weighted by atomic mass is 10.1. The molecule has 1 aliphatic heterocycles. The molecule has 0 radical (unpaired) electrons. The number of rotatable bonds is 5. The van der Waals surface area contributed by atoms with Crippen molar-refractivity contribution >= 4 is 6.47 Å². The van der Waals surface area contributed by atoms with E-state index in [1.54, 1.807) is 0 Å². The van der Waals surface area contributed by atoms with Gasteiger partial charge in [0.1, 0.15) is 0 Å². The molecule has 1 aromatic rings. The zero-order valence-electron chi connectivity index (χ0n) is 14.3. The quantitative estimate of drug-likeness (QED) is 0.814. The van der Waals surface area contributed by atoms with Crippen molar-refractivity contribution in [2.75, 3.05) is 32.7 Å². The molecule has 1 aromatic carbocycles. The van der Waals surface area contributed by atoms with E-state index in [1.807, 2.05) is 30.3 Å². The van der Waals surface area contributed by atoms with Crippen LogP contribution >= 0.6 is 0 Å². The smallest absolute Gasteiger partial charge is 0.290 e. The summed E-state index contributed by atoms with van der Waals surface area (Å²) >= 11 is 0. The van der Waals surface area contributed by atoms with E-state index in [0.29, 0.717) is 6.04 Å². The maximum atomic E-state index is 10.2. The summed E-state index contributed by atoms with van der Waals surface area (Å²) in [5, 5.41) is 17.1. The topological polar surface area (TPSA) is 64.0 Å². The van der Waals surface area contributed by atoms with Crippen LogP contribution in [-0.2, 0) is 4.79 Å². The van der Waals surface area contributed by atoms with Gasteiger partial charge in [0, 0.05) is 25.7 Å². The minimum absolute atomic E-state index is 0.250. The van der Waals surface area contributed by atoms with Gasteiger partial charge in [-0.3, -0.25) is 9.69 Å². The summed E-state index contributed by atoms with van der Waals surface area (Å²) in [6.45, 7) is 9.92. The maximum absolute atomic E-state index is 10.2. The van der Waals surface area contributed by atoms with Crippen molar-refractivity contribution in [1.82, 2.24) is 9.80 Å². The van der Waals surface area contributed by atoms with Gasteiger partial charge in [-0.05, 0) is 45.3 Å². The normalized spacial score (nSPS) is 17.9. The first kappa shape index (κ1) is 19.6. The van der Waals surface area contributed by atoms with Gasteiger partial charge in [0.15, 0.2) is 0 Å². The van der Waals surface area contributed by atoms with Crippen LogP contribution < -0.4 is 0 Å². The standard InChI is InChI=1S/C17H28N2O.CH2O2/c1-15(2)19-11-6-10-18(13-14-19)12-9-17(20)16-7-4-3-5-8-16;2-1-3/h3-5,7-8,15,17,20H,6,9-14H2,1-2H3;1H,(H,2,3)/t17-;/m0./s1. The Labute approximate surface area is 139 Å². The van der Waals surface area contributed by atoms with Crippen LogP contribution in [0.3, 0.4) is 0 Å². The van der Waals surface area contributed by atoms with Crippen LogP contribution in [0, 0.1) is 0 Å². The molecule has 1 saturated heterocycles. The lowest BCUT2D eigenvalue weighted by Gasteiger charge is -2.25. The third-order valence-electron chi connectivity index (χ3n) is 4.26. The summed E-state index contributed by atoms with van der Waals surface area (Å²) in [5.41, 5.74) is 1.03. The molecule has 0 unspecified atom stereocenters. The third kappa shape index (κ3) is 7.59. The first-order chi connectivity index (χ1) is 11.1. The molecule has 1 atom stereocenters. The number of hydrogen-bond donors (Lipinski definition) is 2. The number of benzene rings is 1. The Morgan fingerprint density at radius 1 is 1.13 bits per heavy atom. The van der Waals surface area contributed by atoms with Gasteiger partial charge in [-0.25, -0.2) is 0 Å². The summed E-state index contributed by atoms with van der Waals surface area (Å²) in [6.07, 6.45) is 1.73. The predicted molar refractivity (Wildman–Crippen MR) is 92.5 cm³/mol. The largest absolute Gasteiger partial charge is 0.483 e. The molecule has 1 aliphatic rings. The average Bonchev–Trinajstić information content (AvgIpc) is 2.80. The minimum atomic E-state index is -0.333. The molecule has 5 heteroatoms. The van der Waals surface area contributed by atoms with Gasteiger partial charge >= 0.3 is 0 Å². The second kappa shape index (κ2) is 11.2. The summed E-state index contributed by atoms with van der Waals surface area (Å²) in [5.74, 6) is 0. The van der Waals surface area contributed by atoms with Crippen LogP contribution in [0.25, 0.3) is 0 Å². The molecule has 0 spiro atoms. The van der Waals surface area contributed by atoms with Crippen LogP contribution in [0.4, 0.5) is 0 Å². The van der Waals surface area contributed by atoms with Crippen molar-refractivity contribution in [3.8, 4) is 0 Å². The zero-order valence-corrected chi connectivity index (χ0v) is 14.3. The van der Waals surface area contributed by atoms with Gasteiger partial charge in [-0.1, -0.05) is 30.3 Å². The molecule has 0 amide bonds. The Morgan fingerprint density at radius 2 is 1.78 bits per heavy atom. The highest BCUT2D eigenvalue weighted by Gasteiger charge is 2.17. The van der Waals surface area contributed by atoms with E-state index in [9.17, 15) is 5.11 Å². The fraction of sp³-hybridized carbons (Fsp3) is 0.611. The van der Waals surface area contributed by atoms with Crippen LogP contribution in [0.15, 0.2) is 30.3 Å². The van der Waals surface area contributed by atoms with Gasteiger partial charge in [0.2, 0.25) is 0 Å². The number of nitrogens with zero attached hydrogens (tertiary/aromatic N) is 2. The molecule has 1 fully saturated rings. The number of aliphatic hydroxyl groups is 1. The van der Waals surface area contributed by atoms with Crippen molar-refractivity contribution in [1.29, 1.82) is 0 Å². The Morgan fingerprint density at radius 3 is 2.39 bits per heavy atom. The van der Waals surface area contributed by atoms with Crippen molar-refractivity contribution in [2.24, 2.45) is 0 Å². The van der Waals surface area contributed by atoms with E-state index < -0.39 is 0 Å². The molecular weight excluding hydrogens is 292 g/mol. The number of carboxylic acid groups (broad SMARTS) is 1. The highest BCUT2D eigenvalue weighted by atomic mass is 16.3. The van der Waals surface area contributed by atoms with Gasteiger partial charge in [-0.2, -0.15) is 0 Å². The summed E-state index contributed by atoms with van der Waals surface area (Å²) < 4.78 is 0. The maximum Gasteiger partial charge on any atom is 0.290 e. The van der Waals surface area contributed by atoms with Gasteiger partial charge in [-0.15, -0.1) is 0 Å². The minimum Gasteiger partial charge on any atom is -0.483 e. The molecule has 0 aliphatic carbocycles. The van der Waals surface area contributed by atoms with Crippen molar-refractivity contribution in [3.63, 3.8) is 0 Å². The zero-order chi connectivity index (χ0) is 17.1. The van der Waals surface area contributed by atoms with Crippen molar-refractivity contribution < 1.29 is 15.0 Å². The van der Waals surface area contributed by atoms with E-state index in [1.165, 1.54) is 13.0 Å². The fourth-order valence-corrected chi connectivity index (χ4v) is 2.88. The molecule has 0 aromatic heterocycles. The number of hydrogen-bond acceptors (Lipinski definition) is 4. The predicted octanol–water partition coefficient (Wildman–Crippen LogP) is 2.23. The lowest BCUT2D eigenvalue weighted by molar-refractivity contribution is -0.122. The molecule has 0 saturated carbocycles. The number of aliphatic hydroxyl groups excluding tert-OH is 1. The monoisotopic (exact) mass is 322 g/mol. The Hall–Kier alpha value is -1.43. The SMILES string of the molecule is CC(C)N1CCCN(CC[C@H](O)c2ccccc2)CC1.O=CO. The summed E-state index contributed by atoms with van der Waals surface area (Å²) in [6, 6.07) is 10.6. The van der Waals surface area contributed by atoms with Crippen LogP contribution in [0.5, 0.6) is 0 Å². The average molecular weight is 322 g/mol. The van der Waals surface area contributed by atoms with E-state index in [-0.39, 0.29) is 12.6 Å². The molecule has 5 nitrogen and oxygen atoms in total. The van der Waals surface area contributed by atoms with E-state index >= 15 is 0 Å². The summed E-state index contributed by atoms with van der Waals surface area (Å²) in [7, 11) is 0. The third-order valence-corrected chi connectivity index (χ3v) is 4.26. The fourth-order valence-electron chi connectivity index (χ4n) is 2.88. The van der Waals surface area contributed by atoms with Gasteiger partial charge in [0.05, 0.1) is 6.10 Å². The van der Waals surface area contributed by atoms with Crippen molar-refractivity contribution in [3.05, 3.63) is 35.9 Å². The van der Waals surface area contributed by atoms with E-state index in [0.717, 1.165) is 38.2 Å². The van der Waals surface area contributed by atoms with Crippen LogP contribution in [-0.4, -0.2) is 65.3 Å². The highest BCUT2D eigenvalue weighted by molar-refractivity contribution is 5.32. The van der Waals surface area contributed by atoms with Crippen molar-refractivity contribution in [2.45, 2.75) is 38.8 Å². The van der Waals surface area contributed by atoms with Gasteiger partial charge < -0.3 is 15.1 Å². The Balaban J connectivity index is 0.000000816. The van der Waals surface area contributed by atoms with Gasteiger partial charge in [0.25, 0.3) is 6.47 Å². The lowest BCUT2D eigenvalue weighted by Crippen LogP contribution is -2.35. The molecule has 1 heterocycles. The second-order valence-corrected chi connectivity index (χ2v) is 6.15. The van der Waals surface area contributed by atoms with Crippen LogP contribution in [0.1, 0.15) is 38.4 Å². The van der Waals surface area contributed by atoms with Crippen LogP contribution in [0.2, 0.25) is 0 Å². The van der Waals surface area contributed by atoms with E-state index in [4.69, 9.17) is 9.90 Å². The molecule has 2 N–H and O–H groups in total. The molecular formula is C18H30N2O3. The second-order valence-electron chi connectivity index (χ2n) is 6.15. The summed E-state index contributed by atoms with van der Waals surface area (Å²) in [4.78, 5) is 13.4. The molecule has 23 heavy (non-hydrogen) atoms. The Bertz CT molecular complexity index is 426. The molecule has 2 rings (SSSR count). The Kier molecular flexibility index (Phi) is 9.52. The number of carbonyl (C=O) groups is 1. The highest BCUT2D eigenvalue weighted by Crippen LogP contribution is 2.17.